The quantitative estimate of drug-likeness (QED) is 0.0138. The highest BCUT2D eigenvalue weighted by Crippen LogP contribution is 2.38. The number of nitro groups is 1. The topological polar surface area (TPSA) is 283 Å². The van der Waals surface area contributed by atoms with E-state index in [1.54, 1.807) is 12.1 Å². The molecule has 0 bridgehead atoms. The van der Waals surface area contributed by atoms with Crippen LogP contribution in [0.25, 0.3) is 0 Å². The molecule has 0 aliphatic rings. The number of ether oxygens (including phenoxy) is 6. The number of Topliss-reactive ketones (excluding diaryl/α,β-unsaturated/α-hetero) is 4. The van der Waals surface area contributed by atoms with Gasteiger partial charge in [0.15, 0.2) is 69.8 Å². The molecule has 0 aliphatic heterocycles. The highest BCUT2D eigenvalue weighted by Gasteiger charge is 2.21. The monoisotopic (exact) mass is 823 g/mol. The number of carbonyl (C=O) groups is 5. The number of ketones is 4. The van der Waals surface area contributed by atoms with Crippen LogP contribution in [0.4, 0.5) is 17.1 Å². The van der Waals surface area contributed by atoms with Gasteiger partial charge in [-0.2, -0.15) is 0 Å². The SMILES string of the molecule is COC=Nc1cc(C(C)=O)cc(OC)c1O.COc1cc(C(C)=O)cc(N)c1O.COc1cc(C(C)=O)cc([N+](=O)[O-])c1O.COc1cc(C(C)=O)ccc1OC(C)=O. The maximum absolute atomic E-state index is 11.2. The van der Waals surface area contributed by atoms with E-state index in [1.807, 2.05) is 0 Å². The summed E-state index contributed by atoms with van der Waals surface area (Å²) in [5, 5.41) is 39.0. The van der Waals surface area contributed by atoms with E-state index >= 15 is 0 Å². The lowest BCUT2D eigenvalue weighted by Gasteiger charge is -2.08. The van der Waals surface area contributed by atoms with Gasteiger partial charge in [0.1, 0.15) is 5.69 Å². The van der Waals surface area contributed by atoms with Crippen LogP contribution in [-0.4, -0.2) is 91.3 Å². The molecule has 19 nitrogen and oxygen atoms in total. The molecule has 0 unspecified atom stereocenters. The predicted octanol–water partition coefficient (Wildman–Crippen LogP) is 6.43. The summed E-state index contributed by atoms with van der Waals surface area (Å²) in [6.45, 7) is 6.88. The summed E-state index contributed by atoms with van der Waals surface area (Å²) in [4.78, 5) is 68.7. The number of phenols is 3. The van der Waals surface area contributed by atoms with E-state index in [1.165, 1.54) is 113 Å². The minimum atomic E-state index is -0.774. The first kappa shape index (κ1) is 49.3. The third kappa shape index (κ3) is 14.7. The van der Waals surface area contributed by atoms with Crippen molar-refractivity contribution >= 4 is 52.6 Å². The van der Waals surface area contributed by atoms with Crippen molar-refractivity contribution in [2.75, 3.05) is 41.3 Å². The maximum atomic E-state index is 11.2. The minimum absolute atomic E-state index is 0.0670. The molecule has 4 rings (SSSR count). The number of anilines is 1. The number of rotatable bonds is 12. The van der Waals surface area contributed by atoms with Crippen LogP contribution in [-0.2, 0) is 9.53 Å². The number of benzene rings is 4. The zero-order valence-corrected chi connectivity index (χ0v) is 33.9. The maximum Gasteiger partial charge on any atom is 0.315 e. The molecule has 0 aliphatic carbocycles. The van der Waals surface area contributed by atoms with E-state index in [4.69, 9.17) is 29.4 Å². The fraction of sp³-hybridized carbons (Fsp3) is 0.250. The van der Waals surface area contributed by atoms with Crippen molar-refractivity contribution in [3.63, 3.8) is 0 Å². The van der Waals surface area contributed by atoms with Gasteiger partial charge in [-0.25, -0.2) is 4.99 Å². The average Bonchev–Trinajstić information content (AvgIpc) is 3.18. The Morgan fingerprint density at radius 2 is 1.02 bits per heavy atom. The lowest BCUT2D eigenvalue weighted by atomic mass is 10.1. The number of methoxy groups -OCH3 is 5. The molecule has 4 aromatic carbocycles. The minimum Gasteiger partial charge on any atom is -0.503 e. The molecule has 4 aromatic rings. The molecule has 5 N–H and O–H groups in total. The summed E-state index contributed by atoms with van der Waals surface area (Å²) in [6.07, 6.45) is 1.17. The first-order valence-corrected chi connectivity index (χ1v) is 16.8. The standard InChI is InChI=1S/C11H13NO4.C11H12O4.C9H9NO5.C9H11NO3/c1-7(13)8-4-9(12-6-15-2)11(14)10(5-8)16-3;1-7(12)9-4-5-10(15-8(2)13)11(6-9)14-3;1-5(11)6-3-7(10(13)14)9(12)8(4-6)15-2;1-5(11)6-3-7(10)9(12)8(4-6)13-2/h4-6,14H,1-3H3;4-6H,1-3H3;3-4,12H,1-2H3;3-4,12H,10H2,1-2H3. The second-order valence-electron chi connectivity index (χ2n) is 11.6. The van der Waals surface area contributed by atoms with Gasteiger partial charge >= 0.3 is 11.7 Å². The molecule has 59 heavy (non-hydrogen) atoms. The van der Waals surface area contributed by atoms with Crippen LogP contribution in [0.1, 0.15) is 76.1 Å². The van der Waals surface area contributed by atoms with Crippen molar-refractivity contribution in [1.29, 1.82) is 0 Å². The van der Waals surface area contributed by atoms with Crippen LogP contribution in [0.15, 0.2) is 59.6 Å². The second-order valence-corrected chi connectivity index (χ2v) is 11.6. The number of aliphatic imine (C=N–C) groups is 1. The Morgan fingerprint density at radius 3 is 1.44 bits per heavy atom. The normalized spacial score (nSPS) is 9.86. The Hall–Kier alpha value is -7.70. The number of nitrogens with zero attached hydrogens (tertiary/aromatic N) is 2. The number of hydrogen-bond acceptors (Lipinski definition) is 18. The highest BCUT2D eigenvalue weighted by atomic mass is 16.6. The molecule has 0 amide bonds. The molecular formula is C40H45N3O16. The van der Waals surface area contributed by atoms with Crippen molar-refractivity contribution in [3.05, 3.63) is 87.0 Å². The molecule has 0 radical (unpaired) electrons. The molecule has 0 heterocycles. The van der Waals surface area contributed by atoms with Gasteiger partial charge in [-0.1, -0.05) is 0 Å². The van der Waals surface area contributed by atoms with Gasteiger partial charge in [-0.15, -0.1) is 0 Å². The van der Waals surface area contributed by atoms with Gasteiger partial charge in [0, 0.05) is 35.2 Å². The Morgan fingerprint density at radius 1 is 0.593 bits per heavy atom. The first-order chi connectivity index (χ1) is 27.7. The van der Waals surface area contributed by atoms with Gasteiger partial charge in [-0.3, -0.25) is 34.1 Å². The van der Waals surface area contributed by atoms with Crippen molar-refractivity contribution < 1.29 is 72.6 Å². The number of nitro benzene ring substituents is 1. The summed E-state index contributed by atoms with van der Waals surface area (Å²) >= 11 is 0. The molecule has 0 saturated heterocycles. The lowest BCUT2D eigenvalue weighted by Crippen LogP contribution is -2.04. The molecule has 316 valence electrons. The number of nitrogen functional groups attached to an aromatic ring is 1. The Kier molecular flexibility index (Phi) is 19.6. The Labute approximate surface area is 338 Å². The van der Waals surface area contributed by atoms with E-state index in [9.17, 15) is 49.4 Å². The Balaban J connectivity index is 0.000000394. The van der Waals surface area contributed by atoms with E-state index in [0.717, 1.165) is 6.07 Å². The summed E-state index contributed by atoms with van der Waals surface area (Å²) in [5.41, 5.74) is 6.76. The summed E-state index contributed by atoms with van der Waals surface area (Å²) in [5.74, 6) is -0.899. The van der Waals surface area contributed by atoms with Gasteiger partial charge in [0.05, 0.1) is 46.2 Å². The third-order valence-corrected chi connectivity index (χ3v) is 7.41. The number of phenolic OH excluding ortho intramolecular Hbond substituents is 3. The van der Waals surface area contributed by atoms with Crippen LogP contribution in [0, 0.1) is 10.1 Å². The number of hydrogen-bond donors (Lipinski definition) is 4. The molecule has 0 fully saturated rings. The van der Waals surface area contributed by atoms with E-state index in [-0.39, 0.29) is 68.8 Å². The first-order valence-electron chi connectivity index (χ1n) is 16.8. The molecule has 0 aromatic heterocycles. The zero-order valence-electron chi connectivity index (χ0n) is 33.9. The van der Waals surface area contributed by atoms with Gasteiger partial charge < -0.3 is 49.5 Å². The summed E-state index contributed by atoms with van der Waals surface area (Å²) in [6, 6.07) is 12.7. The fourth-order valence-corrected chi connectivity index (χ4v) is 4.37. The van der Waals surface area contributed by atoms with Crippen molar-refractivity contribution in [2.24, 2.45) is 4.99 Å². The molecule has 0 spiro atoms. The number of nitrogens with two attached hydrogens (primary N) is 1. The number of aromatic hydroxyl groups is 3. The van der Waals surface area contributed by atoms with Crippen molar-refractivity contribution in [3.8, 4) is 46.0 Å². The van der Waals surface area contributed by atoms with E-state index in [2.05, 4.69) is 9.73 Å². The average molecular weight is 824 g/mol. The highest BCUT2D eigenvalue weighted by molar-refractivity contribution is 5.97. The predicted molar refractivity (Wildman–Crippen MR) is 215 cm³/mol. The summed E-state index contributed by atoms with van der Waals surface area (Å²) in [7, 11) is 6.95. The van der Waals surface area contributed by atoms with Crippen LogP contribution in [0.3, 0.4) is 0 Å². The van der Waals surface area contributed by atoms with Crippen LogP contribution >= 0.6 is 0 Å². The number of carbonyl (C=O) groups excluding carboxylic acids is 5. The summed E-state index contributed by atoms with van der Waals surface area (Å²) < 4.78 is 29.0. The molecule has 0 atom stereocenters. The molecular weight excluding hydrogens is 778 g/mol. The lowest BCUT2D eigenvalue weighted by molar-refractivity contribution is -0.386. The largest absolute Gasteiger partial charge is 0.503 e. The van der Waals surface area contributed by atoms with Gasteiger partial charge in [0.25, 0.3) is 0 Å². The smallest absolute Gasteiger partial charge is 0.315 e. The molecule has 0 saturated carbocycles. The van der Waals surface area contributed by atoms with Crippen LogP contribution < -0.4 is 29.4 Å². The van der Waals surface area contributed by atoms with Crippen LogP contribution in [0.2, 0.25) is 0 Å². The Bertz CT molecular complexity index is 2220. The second kappa shape index (κ2) is 23.4. The zero-order chi connectivity index (χ0) is 45.1. The number of esters is 1. The molecule has 19 heteroatoms. The third-order valence-electron chi connectivity index (χ3n) is 7.41. The fourth-order valence-electron chi connectivity index (χ4n) is 4.37. The van der Waals surface area contributed by atoms with Gasteiger partial charge in [0.2, 0.25) is 5.75 Å². The van der Waals surface area contributed by atoms with Crippen LogP contribution in [0.5, 0.6) is 46.0 Å². The van der Waals surface area contributed by atoms with Crippen molar-refractivity contribution in [2.45, 2.75) is 34.6 Å². The van der Waals surface area contributed by atoms with E-state index < -0.39 is 22.3 Å². The van der Waals surface area contributed by atoms with Crippen molar-refractivity contribution in [1.82, 2.24) is 0 Å². The van der Waals surface area contributed by atoms with E-state index in [0.29, 0.717) is 28.2 Å². The van der Waals surface area contributed by atoms with Gasteiger partial charge in [-0.05, 0) is 76.2 Å².